The van der Waals surface area contributed by atoms with Gasteiger partial charge in [-0.05, 0) is 57.0 Å². The molecular formula is C16H23NO3. The molecule has 4 nitrogen and oxygen atoms in total. The van der Waals surface area contributed by atoms with Crippen LogP contribution in [0.5, 0.6) is 5.75 Å². The Bertz CT molecular complexity index is 466. The highest BCUT2D eigenvalue weighted by Crippen LogP contribution is 2.24. The molecule has 4 heteroatoms. The van der Waals surface area contributed by atoms with Gasteiger partial charge in [-0.3, -0.25) is 9.69 Å². The summed E-state index contributed by atoms with van der Waals surface area (Å²) in [7, 11) is 0. The molecule has 0 spiro atoms. The first-order valence-electron chi connectivity index (χ1n) is 7.15. The number of carboxylic acid groups (broad SMARTS) is 1. The summed E-state index contributed by atoms with van der Waals surface area (Å²) < 4.78 is 5.78. The minimum Gasteiger partial charge on any atom is -0.492 e. The van der Waals surface area contributed by atoms with E-state index in [0.29, 0.717) is 6.61 Å². The van der Waals surface area contributed by atoms with Gasteiger partial charge in [0.15, 0.2) is 0 Å². The topological polar surface area (TPSA) is 49.8 Å². The minimum absolute atomic E-state index is 0.0929. The van der Waals surface area contributed by atoms with Crippen LogP contribution >= 0.6 is 0 Å². The number of carbonyl (C=O) groups is 1. The second kappa shape index (κ2) is 6.27. The Morgan fingerprint density at radius 1 is 1.35 bits per heavy atom. The van der Waals surface area contributed by atoms with Crippen molar-refractivity contribution in [2.75, 3.05) is 19.7 Å². The summed E-state index contributed by atoms with van der Waals surface area (Å²) in [4.78, 5) is 13.3. The van der Waals surface area contributed by atoms with E-state index in [-0.39, 0.29) is 12.0 Å². The zero-order chi connectivity index (χ0) is 14.7. The summed E-state index contributed by atoms with van der Waals surface area (Å²) in [5, 5.41) is 9.11. The molecular weight excluding hydrogens is 254 g/mol. The van der Waals surface area contributed by atoms with Crippen molar-refractivity contribution in [2.45, 2.75) is 33.2 Å². The number of nitrogens with zero attached hydrogens (tertiary/aromatic N) is 1. The third-order valence-electron chi connectivity index (χ3n) is 4.05. The van der Waals surface area contributed by atoms with Crippen LogP contribution in [0.15, 0.2) is 18.2 Å². The summed E-state index contributed by atoms with van der Waals surface area (Å²) in [6.45, 7) is 8.31. The van der Waals surface area contributed by atoms with Gasteiger partial charge in [-0.2, -0.15) is 0 Å². The van der Waals surface area contributed by atoms with Crippen molar-refractivity contribution in [1.29, 1.82) is 0 Å². The molecule has 1 aromatic carbocycles. The standard InChI is InChI=1S/C16H23NO3/c1-11-8-12(2)10-14(9-11)20-7-6-17-5-4-15(13(17)3)16(18)19/h8-10,13,15H,4-7H2,1-3H3,(H,18,19). The van der Waals surface area contributed by atoms with E-state index in [1.807, 2.05) is 19.1 Å². The first kappa shape index (κ1) is 14.9. The molecule has 0 aromatic heterocycles. The fourth-order valence-electron chi connectivity index (χ4n) is 2.95. The molecule has 1 heterocycles. The van der Waals surface area contributed by atoms with Crippen molar-refractivity contribution in [2.24, 2.45) is 5.92 Å². The van der Waals surface area contributed by atoms with Crippen LogP contribution < -0.4 is 4.74 Å². The van der Waals surface area contributed by atoms with Crippen LogP contribution in [-0.4, -0.2) is 41.7 Å². The lowest BCUT2D eigenvalue weighted by Crippen LogP contribution is -2.35. The van der Waals surface area contributed by atoms with E-state index >= 15 is 0 Å². The van der Waals surface area contributed by atoms with Crippen LogP contribution in [0.2, 0.25) is 0 Å². The number of aliphatic carboxylic acids is 1. The van der Waals surface area contributed by atoms with Crippen LogP contribution in [0.1, 0.15) is 24.5 Å². The Balaban J connectivity index is 1.83. The zero-order valence-electron chi connectivity index (χ0n) is 12.4. The van der Waals surface area contributed by atoms with Gasteiger partial charge in [-0.15, -0.1) is 0 Å². The van der Waals surface area contributed by atoms with Gasteiger partial charge in [0.2, 0.25) is 0 Å². The second-order valence-electron chi connectivity index (χ2n) is 5.68. The Labute approximate surface area is 120 Å². The van der Waals surface area contributed by atoms with Crippen molar-refractivity contribution in [3.05, 3.63) is 29.3 Å². The highest BCUT2D eigenvalue weighted by atomic mass is 16.5. The average molecular weight is 277 g/mol. The highest BCUT2D eigenvalue weighted by Gasteiger charge is 2.35. The van der Waals surface area contributed by atoms with Crippen LogP contribution in [0, 0.1) is 19.8 Å². The smallest absolute Gasteiger partial charge is 0.308 e. The van der Waals surface area contributed by atoms with E-state index in [1.165, 1.54) is 11.1 Å². The van der Waals surface area contributed by atoms with E-state index in [0.717, 1.165) is 25.3 Å². The summed E-state index contributed by atoms with van der Waals surface area (Å²) in [6.07, 6.45) is 0.736. The molecule has 1 N–H and O–H groups in total. The van der Waals surface area contributed by atoms with Crippen molar-refractivity contribution < 1.29 is 14.6 Å². The number of aryl methyl sites for hydroxylation is 2. The predicted octanol–water partition coefficient (Wildman–Crippen LogP) is 2.48. The van der Waals surface area contributed by atoms with Gasteiger partial charge in [0.25, 0.3) is 0 Å². The van der Waals surface area contributed by atoms with Crippen molar-refractivity contribution in [3.8, 4) is 5.75 Å². The zero-order valence-corrected chi connectivity index (χ0v) is 12.4. The predicted molar refractivity (Wildman–Crippen MR) is 78.2 cm³/mol. The molecule has 1 fully saturated rings. The molecule has 110 valence electrons. The number of rotatable bonds is 5. The lowest BCUT2D eigenvalue weighted by atomic mass is 10.0. The lowest BCUT2D eigenvalue weighted by molar-refractivity contribution is -0.142. The van der Waals surface area contributed by atoms with Gasteiger partial charge in [0, 0.05) is 12.6 Å². The molecule has 2 unspecified atom stereocenters. The normalized spacial score (nSPS) is 22.9. The van der Waals surface area contributed by atoms with Crippen LogP contribution in [0.4, 0.5) is 0 Å². The lowest BCUT2D eigenvalue weighted by Gasteiger charge is -2.23. The average Bonchev–Trinajstić information content (AvgIpc) is 2.70. The monoisotopic (exact) mass is 277 g/mol. The van der Waals surface area contributed by atoms with E-state index in [4.69, 9.17) is 9.84 Å². The SMILES string of the molecule is Cc1cc(C)cc(OCCN2CCC(C(=O)O)C2C)c1. The maximum absolute atomic E-state index is 11.1. The van der Waals surface area contributed by atoms with E-state index in [9.17, 15) is 4.79 Å². The molecule has 1 aliphatic rings. The van der Waals surface area contributed by atoms with Crippen LogP contribution in [0.25, 0.3) is 0 Å². The quantitative estimate of drug-likeness (QED) is 0.898. The van der Waals surface area contributed by atoms with E-state index < -0.39 is 5.97 Å². The second-order valence-corrected chi connectivity index (χ2v) is 5.68. The van der Waals surface area contributed by atoms with Gasteiger partial charge >= 0.3 is 5.97 Å². The number of carboxylic acids is 1. The highest BCUT2D eigenvalue weighted by molar-refractivity contribution is 5.71. The molecule has 0 amide bonds. The van der Waals surface area contributed by atoms with E-state index in [2.05, 4.69) is 24.8 Å². The summed E-state index contributed by atoms with van der Waals surface area (Å²) in [5.41, 5.74) is 2.39. The van der Waals surface area contributed by atoms with Crippen molar-refractivity contribution in [1.82, 2.24) is 4.90 Å². The van der Waals surface area contributed by atoms with Crippen molar-refractivity contribution in [3.63, 3.8) is 0 Å². The molecule has 1 saturated heterocycles. The fraction of sp³-hybridized carbons (Fsp3) is 0.562. The third kappa shape index (κ3) is 3.51. The molecule has 2 atom stereocenters. The minimum atomic E-state index is -0.685. The molecule has 0 radical (unpaired) electrons. The maximum atomic E-state index is 11.1. The maximum Gasteiger partial charge on any atom is 0.308 e. The summed E-state index contributed by atoms with van der Waals surface area (Å²) in [5.74, 6) is -0.0319. The first-order chi connectivity index (χ1) is 9.47. The number of ether oxygens (including phenoxy) is 1. The third-order valence-corrected chi connectivity index (χ3v) is 4.05. The number of hydrogen-bond donors (Lipinski definition) is 1. The van der Waals surface area contributed by atoms with Gasteiger partial charge in [-0.1, -0.05) is 6.07 Å². The van der Waals surface area contributed by atoms with Crippen molar-refractivity contribution >= 4 is 5.97 Å². The molecule has 1 aromatic rings. The number of hydrogen-bond acceptors (Lipinski definition) is 3. The molecule has 0 bridgehead atoms. The van der Waals surface area contributed by atoms with E-state index in [1.54, 1.807) is 0 Å². The molecule has 20 heavy (non-hydrogen) atoms. The molecule has 2 rings (SSSR count). The summed E-state index contributed by atoms with van der Waals surface area (Å²) in [6, 6.07) is 6.27. The molecule has 0 aliphatic carbocycles. The Kier molecular flexibility index (Phi) is 4.65. The fourth-order valence-corrected chi connectivity index (χ4v) is 2.95. The largest absolute Gasteiger partial charge is 0.492 e. The van der Waals surface area contributed by atoms with Gasteiger partial charge in [0.1, 0.15) is 12.4 Å². The van der Waals surface area contributed by atoms with Gasteiger partial charge in [-0.25, -0.2) is 0 Å². The first-order valence-corrected chi connectivity index (χ1v) is 7.15. The Hall–Kier alpha value is -1.55. The van der Waals surface area contributed by atoms with Gasteiger partial charge < -0.3 is 9.84 Å². The number of benzene rings is 1. The molecule has 0 saturated carbocycles. The molecule has 1 aliphatic heterocycles. The summed E-state index contributed by atoms with van der Waals surface area (Å²) >= 11 is 0. The van der Waals surface area contributed by atoms with Crippen LogP contribution in [-0.2, 0) is 4.79 Å². The number of likely N-dealkylation sites (tertiary alicyclic amines) is 1. The Morgan fingerprint density at radius 3 is 2.55 bits per heavy atom. The Morgan fingerprint density at radius 2 is 2.00 bits per heavy atom. The van der Waals surface area contributed by atoms with Gasteiger partial charge in [0.05, 0.1) is 5.92 Å². The van der Waals surface area contributed by atoms with Crippen LogP contribution in [0.3, 0.4) is 0 Å².